The van der Waals surface area contributed by atoms with Gasteiger partial charge in [-0.15, -0.1) is 0 Å². The van der Waals surface area contributed by atoms with Gasteiger partial charge in [0.15, 0.2) is 0 Å². The molecule has 15 heavy (non-hydrogen) atoms. The standard InChI is InChI=1S/C13H27NO/c1-10(2)11(3)13(14-4)8-7-12-6-5-9-15-12/h10-14H,5-9H2,1-4H3. The highest BCUT2D eigenvalue weighted by molar-refractivity contribution is 4.76. The predicted molar refractivity (Wildman–Crippen MR) is 65.1 cm³/mol. The molecule has 3 atom stereocenters. The van der Waals surface area contributed by atoms with Gasteiger partial charge in [-0.2, -0.15) is 0 Å². The fourth-order valence-corrected chi connectivity index (χ4v) is 2.37. The summed E-state index contributed by atoms with van der Waals surface area (Å²) in [5.41, 5.74) is 0. The van der Waals surface area contributed by atoms with Crippen LogP contribution in [0.25, 0.3) is 0 Å². The van der Waals surface area contributed by atoms with Gasteiger partial charge >= 0.3 is 0 Å². The van der Waals surface area contributed by atoms with E-state index in [9.17, 15) is 0 Å². The van der Waals surface area contributed by atoms with Gasteiger partial charge in [-0.1, -0.05) is 20.8 Å². The molecule has 1 rings (SSSR count). The second kappa shape index (κ2) is 6.49. The Morgan fingerprint density at radius 2 is 2.07 bits per heavy atom. The largest absolute Gasteiger partial charge is 0.378 e. The van der Waals surface area contributed by atoms with Crippen molar-refractivity contribution in [3.8, 4) is 0 Å². The molecule has 0 saturated carbocycles. The van der Waals surface area contributed by atoms with Gasteiger partial charge in [-0.3, -0.25) is 0 Å². The zero-order chi connectivity index (χ0) is 11.3. The summed E-state index contributed by atoms with van der Waals surface area (Å²) in [6.45, 7) is 7.94. The lowest BCUT2D eigenvalue weighted by atomic mass is 9.87. The zero-order valence-corrected chi connectivity index (χ0v) is 10.8. The molecule has 0 aromatic heterocycles. The molecule has 3 unspecified atom stereocenters. The Balaban J connectivity index is 2.26. The van der Waals surface area contributed by atoms with Crippen LogP contribution < -0.4 is 5.32 Å². The Kier molecular flexibility index (Phi) is 5.62. The molecule has 0 bridgehead atoms. The van der Waals surface area contributed by atoms with Crippen molar-refractivity contribution in [1.82, 2.24) is 5.32 Å². The van der Waals surface area contributed by atoms with Gasteiger partial charge in [-0.05, 0) is 44.6 Å². The van der Waals surface area contributed by atoms with E-state index in [0.717, 1.165) is 18.4 Å². The van der Waals surface area contributed by atoms with Gasteiger partial charge in [0.1, 0.15) is 0 Å². The van der Waals surface area contributed by atoms with Crippen LogP contribution >= 0.6 is 0 Å². The van der Waals surface area contributed by atoms with E-state index in [-0.39, 0.29) is 0 Å². The van der Waals surface area contributed by atoms with Crippen molar-refractivity contribution >= 4 is 0 Å². The van der Waals surface area contributed by atoms with E-state index in [2.05, 4.69) is 33.1 Å². The number of ether oxygens (including phenoxy) is 1. The van der Waals surface area contributed by atoms with Crippen molar-refractivity contribution in [3.63, 3.8) is 0 Å². The number of rotatable bonds is 6. The number of hydrogen-bond acceptors (Lipinski definition) is 2. The van der Waals surface area contributed by atoms with Crippen molar-refractivity contribution in [1.29, 1.82) is 0 Å². The van der Waals surface area contributed by atoms with Crippen molar-refractivity contribution in [2.24, 2.45) is 11.8 Å². The molecule has 1 heterocycles. The monoisotopic (exact) mass is 213 g/mol. The first-order valence-corrected chi connectivity index (χ1v) is 6.44. The highest BCUT2D eigenvalue weighted by Crippen LogP contribution is 2.22. The molecule has 90 valence electrons. The van der Waals surface area contributed by atoms with Crippen LogP contribution in [0, 0.1) is 11.8 Å². The summed E-state index contributed by atoms with van der Waals surface area (Å²) in [6.07, 6.45) is 5.55. The van der Waals surface area contributed by atoms with E-state index < -0.39 is 0 Å². The van der Waals surface area contributed by atoms with Crippen LogP contribution in [-0.2, 0) is 4.74 Å². The van der Waals surface area contributed by atoms with Gasteiger partial charge in [0.05, 0.1) is 6.10 Å². The van der Waals surface area contributed by atoms with Crippen LogP contribution in [-0.4, -0.2) is 25.8 Å². The average molecular weight is 213 g/mol. The number of nitrogens with one attached hydrogen (secondary N) is 1. The minimum atomic E-state index is 0.542. The molecule has 2 nitrogen and oxygen atoms in total. The van der Waals surface area contributed by atoms with E-state index in [1.807, 2.05) is 0 Å². The third-order valence-electron chi connectivity index (χ3n) is 3.88. The molecule has 1 aliphatic rings. The molecule has 1 saturated heterocycles. The second-order valence-electron chi connectivity index (χ2n) is 5.21. The molecule has 0 spiro atoms. The van der Waals surface area contributed by atoms with Crippen LogP contribution in [0.2, 0.25) is 0 Å². The summed E-state index contributed by atoms with van der Waals surface area (Å²) >= 11 is 0. The van der Waals surface area contributed by atoms with Gasteiger partial charge in [0.25, 0.3) is 0 Å². The summed E-state index contributed by atoms with van der Waals surface area (Å²) < 4.78 is 5.66. The summed E-state index contributed by atoms with van der Waals surface area (Å²) in [4.78, 5) is 0. The topological polar surface area (TPSA) is 21.3 Å². The van der Waals surface area contributed by atoms with Crippen molar-refractivity contribution in [2.75, 3.05) is 13.7 Å². The zero-order valence-electron chi connectivity index (χ0n) is 10.8. The van der Waals surface area contributed by atoms with E-state index >= 15 is 0 Å². The molecule has 0 aromatic carbocycles. The Labute approximate surface area is 94.8 Å². The Hall–Kier alpha value is -0.0800. The van der Waals surface area contributed by atoms with Crippen LogP contribution in [0.3, 0.4) is 0 Å². The lowest BCUT2D eigenvalue weighted by molar-refractivity contribution is 0.0965. The van der Waals surface area contributed by atoms with Crippen LogP contribution in [0.15, 0.2) is 0 Å². The Morgan fingerprint density at radius 1 is 1.33 bits per heavy atom. The van der Waals surface area contributed by atoms with E-state index in [4.69, 9.17) is 4.74 Å². The fourth-order valence-electron chi connectivity index (χ4n) is 2.37. The second-order valence-corrected chi connectivity index (χ2v) is 5.21. The van der Waals surface area contributed by atoms with Gasteiger partial charge in [-0.25, -0.2) is 0 Å². The SMILES string of the molecule is CNC(CCC1CCCO1)C(C)C(C)C. The minimum absolute atomic E-state index is 0.542. The van der Waals surface area contributed by atoms with E-state index in [1.54, 1.807) is 0 Å². The molecule has 2 heteroatoms. The lowest BCUT2D eigenvalue weighted by Gasteiger charge is -2.27. The predicted octanol–water partition coefficient (Wildman–Crippen LogP) is 2.83. The van der Waals surface area contributed by atoms with E-state index in [0.29, 0.717) is 12.1 Å². The van der Waals surface area contributed by atoms with Crippen molar-refractivity contribution in [2.45, 2.75) is 58.6 Å². The molecule has 1 fully saturated rings. The maximum Gasteiger partial charge on any atom is 0.0576 e. The van der Waals surface area contributed by atoms with Gasteiger partial charge in [0, 0.05) is 12.6 Å². The lowest BCUT2D eigenvalue weighted by Crippen LogP contribution is -2.35. The molecule has 1 N–H and O–H groups in total. The average Bonchev–Trinajstić information content (AvgIpc) is 2.71. The summed E-state index contributed by atoms with van der Waals surface area (Å²) in [5, 5.41) is 3.45. The molecular weight excluding hydrogens is 186 g/mol. The Morgan fingerprint density at radius 3 is 2.53 bits per heavy atom. The van der Waals surface area contributed by atoms with Crippen molar-refractivity contribution < 1.29 is 4.74 Å². The van der Waals surface area contributed by atoms with Crippen LogP contribution in [0.5, 0.6) is 0 Å². The Bertz CT molecular complexity index is 164. The van der Waals surface area contributed by atoms with E-state index in [1.165, 1.54) is 25.7 Å². The molecule has 0 aromatic rings. The molecule has 0 radical (unpaired) electrons. The first-order chi connectivity index (χ1) is 7.15. The maximum atomic E-state index is 5.66. The third kappa shape index (κ3) is 4.12. The summed E-state index contributed by atoms with van der Waals surface area (Å²) in [6, 6.07) is 0.647. The molecule has 1 aliphatic heterocycles. The first-order valence-electron chi connectivity index (χ1n) is 6.44. The smallest absolute Gasteiger partial charge is 0.0576 e. The van der Waals surface area contributed by atoms with Crippen molar-refractivity contribution in [3.05, 3.63) is 0 Å². The third-order valence-corrected chi connectivity index (χ3v) is 3.88. The highest BCUT2D eigenvalue weighted by atomic mass is 16.5. The normalized spacial score (nSPS) is 25.8. The minimum Gasteiger partial charge on any atom is -0.378 e. The highest BCUT2D eigenvalue weighted by Gasteiger charge is 2.21. The van der Waals surface area contributed by atoms with Gasteiger partial charge < -0.3 is 10.1 Å². The summed E-state index contributed by atoms with van der Waals surface area (Å²) in [5.74, 6) is 1.50. The maximum absolute atomic E-state index is 5.66. The van der Waals surface area contributed by atoms with Crippen LogP contribution in [0.4, 0.5) is 0 Å². The molecular formula is C13H27NO. The molecule has 0 amide bonds. The quantitative estimate of drug-likeness (QED) is 0.732. The van der Waals surface area contributed by atoms with Gasteiger partial charge in [0.2, 0.25) is 0 Å². The van der Waals surface area contributed by atoms with Crippen LogP contribution in [0.1, 0.15) is 46.5 Å². The first kappa shape index (κ1) is 13.0. The summed E-state index contributed by atoms with van der Waals surface area (Å²) in [7, 11) is 2.08. The molecule has 0 aliphatic carbocycles. The number of hydrogen-bond donors (Lipinski definition) is 1. The fraction of sp³-hybridized carbons (Fsp3) is 1.00.